The van der Waals surface area contributed by atoms with Crippen LogP contribution >= 0.6 is 0 Å². The Balaban J connectivity index is 1.65. The third kappa shape index (κ3) is 3.93. The molecule has 0 N–H and O–H groups in total. The SMILES string of the molecule is CN1CCN(CCC(=O)N2CCN(C)CC2)CC1. The van der Waals surface area contributed by atoms with Crippen LogP contribution in [-0.2, 0) is 4.79 Å². The largest absolute Gasteiger partial charge is 0.340 e. The van der Waals surface area contributed by atoms with Crippen LogP contribution in [0.25, 0.3) is 0 Å². The van der Waals surface area contributed by atoms with Gasteiger partial charge < -0.3 is 19.6 Å². The van der Waals surface area contributed by atoms with E-state index in [2.05, 4.69) is 28.8 Å². The fraction of sp³-hybridized carbons (Fsp3) is 0.923. The van der Waals surface area contributed by atoms with Gasteiger partial charge in [-0.2, -0.15) is 0 Å². The average Bonchev–Trinajstić information content (AvgIpc) is 2.38. The Bertz CT molecular complexity index is 268. The van der Waals surface area contributed by atoms with Gasteiger partial charge in [0.2, 0.25) is 5.91 Å². The Labute approximate surface area is 110 Å². The predicted octanol–water partition coefficient (Wildman–Crippen LogP) is -0.602. The molecule has 104 valence electrons. The van der Waals surface area contributed by atoms with Crippen molar-refractivity contribution in [3.8, 4) is 0 Å². The van der Waals surface area contributed by atoms with Crippen LogP contribution in [0.5, 0.6) is 0 Å². The van der Waals surface area contributed by atoms with E-state index in [9.17, 15) is 4.79 Å². The molecule has 0 bridgehead atoms. The van der Waals surface area contributed by atoms with E-state index in [1.54, 1.807) is 0 Å². The first-order chi connectivity index (χ1) is 8.65. The zero-order chi connectivity index (χ0) is 13.0. The average molecular weight is 254 g/mol. The summed E-state index contributed by atoms with van der Waals surface area (Å²) >= 11 is 0. The zero-order valence-electron chi connectivity index (χ0n) is 11.8. The van der Waals surface area contributed by atoms with E-state index in [0.29, 0.717) is 12.3 Å². The molecular weight excluding hydrogens is 228 g/mol. The van der Waals surface area contributed by atoms with Gasteiger partial charge in [0, 0.05) is 65.3 Å². The molecule has 0 saturated carbocycles. The minimum atomic E-state index is 0.335. The molecule has 0 aromatic carbocycles. The molecule has 1 amide bonds. The van der Waals surface area contributed by atoms with Crippen molar-refractivity contribution < 1.29 is 4.79 Å². The normalized spacial score (nSPS) is 24.4. The van der Waals surface area contributed by atoms with Gasteiger partial charge in [0.1, 0.15) is 0 Å². The number of hydrogen-bond donors (Lipinski definition) is 0. The molecular formula is C13H26N4O. The highest BCUT2D eigenvalue weighted by Crippen LogP contribution is 2.05. The standard InChI is InChI=1S/C13H26N4O/c1-14-5-9-16(10-6-14)4-3-13(18)17-11-7-15(2)8-12-17/h3-12H2,1-2H3. The van der Waals surface area contributed by atoms with Gasteiger partial charge in [-0.1, -0.05) is 0 Å². The second kappa shape index (κ2) is 6.50. The van der Waals surface area contributed by atoms with Gasteiger partial charge in [-0.05, 0) is 14.1 Å². The molecule has 0 atom stereocenters. The van der Waals surface area contributed by atoms with Gasteiger partial charge >= 0.3 is 0 Å². The predicted molar refractivity (Wildman–Crippen MR) is 72.6 cm³/mol. The van der Waals surface area contributed by atoms with Crippen molar-refractivity contribution in [1.29, 1.82) is 0 Å². The van der Waals surface area contributed by atoms with Crippen molar-refractivity contribution in [2.45, 2.75) is 6.42 Å². The van der Waals surface area contributed by atoms with Crippen LogP contribution in [0.4, 0.5) is 0 Å². The van der Waals surface area contributed by atoms with Crippen molar-refractivity contribution in [2.75, 3.05) is 73.0 Å². The maximum atomic E-state index is 12.1. The van der Waals surface area contributed by atoms with E-state index < -0.39 is 0 Å². The van der Waals surface area contributed by atoms with E-state index in [0.717, 1.165) is 58.9 Å². The lowest BCUT2D eigenvalue weighted by atomic mass is 10.2. The summed E-state index contributed by atoms with van der Waals surface area (Å²) in [6, 6.07) is 0. The van der Waals surface area contributed by atoms with E-state index >= 15 is 0 Å². The topological polar surface area (TPSA) is 30.0 Å². The van der Waals surface area contributed by atoms with Crippen LogP contribution in [0.3, 0.4) is 0 Å². The molecule has 0 unspecified atom stereocenters. The first-order valence-corrected chi connectivity index (χ1v) is 7.02. The summed E-state index contributed by atoms with van der Waals surface area (Å²) in [5.74, 6) is 0.335. The van der Waals surface area contributed by atoms with Crippen LogP contribution in [0.15, 0.2) is 0 Å². The van der Waals surface area contributed by atoms with Crippen LogP contribution in [0.1, 0.15) is 6.42 Å². The Hall–Kier alpha value is -0.650. The van der Waals surface area contributed by atoms with Crippen LogP contribution in [0.2, 0.25) is 0 Å². The molecule has 0 aromatic heterocycles. The van der Waals surface area contributed by atoms with Gasteiger partial charge in [0.05, 0.1) is 0 Å². The lowest BCUT2D eigenvalue weighted by Gasteiger charge is -2.34. The summed E-state index contributed by atoms with van der Waals surface area (Å²) in [5, 5.41) is 0. The summed E-state index contributed by atoms with van der Waals surface area (Å²) in [6.07, 6.45) is 0.688. The van der Waals surface area contributed by atoms with Crippen LogP contribution in [-0.4, -0.2) is 98.5 Å². The highest BCUT2D eigenvalue weighted by Gasteiger charge is 2.20. The van der Waals surface area contributed by atoms with Crippen molar-refractivity contribution >= 4 is 5.91 Å². The molecule has 0 aliphatic carbocycles. The van der Waals surface area contributed by atoms with Crippen molar-refractivity contribution in [2.24, 2.45) is 0 Å². The number of carbonyl (C=O) groups excluding carboxylic acids is 1. The monoisotopic (exact) mass is 254 g/mol. The van der Waals surface area contributed by atoms with Crippen LogP contribution in [0, 0.1) is 0 Å². The van der Waals surface area contributed by atoms with Gasteiger partial charge in [0.15, 0.2) is 0 Å². The van der Waals surface area contributed by atoms with Crippen molar-refractivity contribution in [3.63, 3.8) is 0 Å². The Kier molecular flexibility index (Phi) is 4.97. The van der Waals surface area contributed by atoms with Crippen LogP contribution < -0.4 is 0 Å². The molecule has 18 heavy (non-hydrogen) atoms. The summed E-state index contributed by atoms with van der Waals surface area (Å²) in [7, 11) is 4.28. The zero-order valence-corrected chi connectivity index (χ0v) is 11.8. The van der Waals surface area contributed by atoms with E-state index in [1.807, 2.05) is 4.90 Å². The molecule has 2 aliphatic rings. The lowest BCUT2D eigenvalue weighted by Crippen LogP contribution is -2.49. The third-order valence-electron chi connectivity index (χ3n) is 4.09. The van der Waals surface area contributed by atoms with Gasteiger partial charge in [-0.25, -0.2) is 0 Å². The van der Waals surface area contributed by atoms with E-state index in [1.165, 1.54) is 0 Å². The number of piperazine rings is 2. The Morgan fingerprint density at radius 3 is 1.89 bits per heavy atom. The minimum absolute atomic E-state index is 0.335. The number of nitrogens with zero attached hydrogens (tertiary/aromatic N) is 4. The minimum Gasteiger partial charge on any atom is -0.340 e. The lowest BCUT2D eigenvalue weighted by molar-refractivity contribution is -0.133. The van der Waals surface area contributed by atoms with Gasteiger partial charge in [0.25, 0.3) is 0 Å². The molecule has 2 rings (SSSR count). The maximum absolute atomic E-state index is 12.1. The summed E-state index contributed by atoms with van der Waals surface area (Å²) < 4.78 is 0. The number of amides is 1. The maximum Gasteiger partial charge on any atom is 0.223 e. The molecule has 0 aromatic rings. The highest BCUT2D eigenvalue weighted by atomic mass is 16.2. The Morgan fingerprint density at radius 2 is 1.33 bits per heavy atom. The molecule has 2 saturated heterocycles. The highest BCUT2D eigenvalue weighted by molar-refractivity contribution is 5.76. The molecule has 5 heteroatoms. The van der Waals surface area contributed by atoms with Crippen molar-refractivity contribution in [3.05, 3.63) is 0 Å². The molecule has 0 spiro atoms. The van der Waals surface area contributed by atoms with E-state index in [4.69, 9.17) is 0 Å². The fourth-order valence-electron chi connectivity index (χ4n) is 2.54. The van der Waals surface area contributed by atoms with Gasteiger partial charge in [-0.15, -0.1) is 0 Å². The molecule has 5 nitrogen and oxygen atoms in total. The molecule has 2 heterocycles. The first kappa shape index (κ1) is 13.8. The first-order valence-electron chi connectivity index (χ1n) is 7.02. The summed E-state index contributed by atoms with van der Waals surface area (Å²) in [6.45, 7) is 9.22. The number of rotatable bonds is 3. The smallest absolute Gasteiger partial charge is 0.223 e. The number of carbonyl (C=O) groups is 1. The number of hydrogen-bond acceptors (Lipinski definition) is 4. The molecule has 2 aliphatic heterocycles. The van der Waals surface area contributed by atoms with Gasteiger partial charge in [-0.3, -0.25) is 4.79 Å². The second-order valence-corrected chi connectivity index (χ2v) is 5.58. The Morgan fingerprint density at radius 1 is 0.833 bits per heavy atom. The third-order valence-corrected chi connectivity index (χ3v) is 4.09. The number of likely N-dealkylation sites (N-methyl/N-ethyl adjacent to an activating group) is 2. The quantitative estimate of drug-likeness (QED) is 0.673. The molecule has 2 fully saturated rings. The van der Waals surface area contributed by atoms with Crippen molar-refractivity contribution in [1.82, 2.24) is 19.6 Å². The summed E-state index contributed by atoms with van der Waals surface area (Å²) in [4.78, 5) is 21.1. The van der Waals surface area contributed by atoms with E-state index in [-0.39, 0.29) is 0 Å². The summed E-state index contributed by atoms with van der Waals surface area (Å²) in [5.41, 5.74) is 0. The molecule has 0 radical (unpaired) electrons. The fourth-order valence-corrected chi connectivity index (χ4v) is 2.54. The second-order valence-electron chi connectivity index (χ2n) is 5.58.